The molecule has 0 saturated heterocycles. The Morgan fingerprint density at radius 2 is 1.29 bits per heavy atom. The van der Waals surface area contributed by atoms with Crippen LogP contribution < -0.4 is 22.1 Å². The van der Waals surface area contributed by atoms with Gasteiger partial charge in [0, 0.05) is 39.3 Å². The number of carboxylic acids is 1. The fraction of sp³-hybridized carbons (Fsp3) is 0.875. The molecule has 6 nitrogen and oxygen atoms in total. The van der Waals surface area contributed by atoms with Crippen LogP contribution in [0.1, 0.15) is 0 Å². The average Bonchev–Trinajstić information content (AvgIpc) is 2.23. The van der Waals surface area contributed by atoms with Crippen LogP contribution in [0.4, 0.5) is 13.2 Å². The van der Waals surface area contributed by atoms with E-state index in [1.54, 1.807) is 0 Å². The molecule has 7 N–H and O–H groups in total. The molecule has 0 fully saturated rings. The van der Waals surface area contributed by atoms with Gasteiger partial charge in [-0.05, 0) is 0 Å². The Balaban J connectivity index is 0. The van der Waals surface area contributed by atoms with Crippen LogP contribution in [0.15, 0.2) is 0 Å². The monoisotopic (exact) mass is 260 g/mol. The fourth-order valence-electron chi connectivity index (χ4n) is 0.631. The minimum Gasteiger partial charge on any atom is -0.475 e. The summed E-state index contributed by atoms with van der Waals surface area (Å²) in [7, 11) is 0. The molecule has 0 aliphatic rings. The lowest BCUT2D eigenvalue weighted by Gasteiger charge is -2.03. The van der Waals surface area contributed by atoms with E-state index in [1.807, 2.05) is 0 Å². The molecule has 9 heteroatoms. The van der Waals surface area contributed by atoms with Crippen molar-refractivity contribution in [3.8, 4) is 0 Å². The first kappa shape index (κ1) is 18.5. The second kappa shape index (κ2) is 11.6. The number of nitrogens with one attached hydrogen (secondary N) is 2. The molecule has 17 heavy (non-hydrogen) atoms. The van der Waals surface area contributed by atoms with Gasteiger partial charge >= 0.3 is 12.1 Å². The van der Waals surface area contributed by atoms with E-state index >= 15 is 0 Å². The normalized spacial score (nSPS) is 10.6. The zero-order valence-corrected chi connectivity index (χ0v) is 9.39. The van der Waals surface area contributed by atoms with Gasteiger partial charge in [0.25, 0.3) is 0 Å². The van der Waals surface area contributed by atoms with Crippen LogP contribution in [0.5, 0.6) is 0 Å². The van der Waals surface area contributed by atoms with E-state index in [2.05, 4.69) is 10.6 Å². The van der Waals surface area contributed by atoms with E-state index in [9.17, 15) is 13.2 Å². The van der Waals surface area contributed by atoms with Gasteiger partial charge in [-0.25, -0.2) is 4.79 Å². The van der Waals surface area contributed by atoms with Gasteiger partial charge in [0.2, 0.25) is 0 Å². The number of alkyl halides is 3. The maximum atomic E-state index is 10.6. The van der Waals surface area contributed by atoms with Crippen molar-refractivity contribution in [1.82, 2.24) is 10.6 Å². The topological polar surface area (TPSA) is 113 Å². The predicted octanol–water partition coefficient (Wildman–Crippen LogP) is -1.28. The van der Waals surface area contributed by atoms with Gasteiger partial charge in [-0.1, -0.05) is 0 Å². The molecule has 0 saturated carbocycles. The number of nitrogens with two attached hydrogens (primary N) is 2. The fourth-order valence-corrected chi connectivity index (χ4v) is 0.631. The third kappa shape index (κ3) is 17.7. The van der Waals surface area contributed by atoms with Crippen molar-refractivity contribution < 1.29 is 23.1 Å². The first-order valence-electron chi connectivity index (χ1n) is 4.98. The number of halogens is 3. The third-order valence-corrected chi connectivity index (χ3v) is 1.36. The Morgan fingerprint density at radius 3 is 1.47 bits per heavy atom. The van der Waals surface area contributed by atoms with E-state index in [-0.39, 0.29) is 0 Å². The first-order chi connectivity index (χ1) is 7.86. The van der Waals surface area contributed by atoms with Crippen molar-refractivity contribution in [2.45, 2.75) is 6.18 Å². The molecule has 0 unspecified atom stereocenters. The van der Waals surface area contributed by atoms with Crippen LogP contribution in [-0.2, 0) is 4.79 Å². The van der Waals surface area contributed by atoms with Gasteiger partial charge in [0.05, 0.1) is 0 Å². The first-order valence-corrected chi connectivity index (χ1v) is 4.98. The summed E-state index contributed by atoms with van der Waals surface area (Å²) in [5.74, 6) is -2.76. The lowest BCUT2D eigenvalue weighted by Crippen LogP contribution is -2.32. The van der Waals surface area contributed by atoms with Crippen molar-refractivity contribution in [3.63, 3.8) is 0 Å². The Kier molecular flexibility index (Phi) is 12.6. The molecule has 104 valence electrons. The Labute approximate surface area is 97.5 Å². The summed E-state index contributed by atoms with van der Waals surface area (Å²) in [6, 6.07) is 0. The molecule has 0 aromatic heterocycles. The highest BCUT2D eigenvalue weighted by molar-refractivity contribution is 5.73. The molecule has 0 aromatic rings. The molecule has 0 heterocycles. The summed E-state index contributed by atoms with van der Waals surface area (Å²) >= 11 is 0. The number of rotatable bonds is 7. The summed E-state index contributed by atoms with van der Waals surface area (Å²) in [5, 5.41) is 13.5. The number of carboxylic acid groups (broad SMARTS) is 1. The molecule has 0 bridgehead atoms. The highest BCUT2D eigenvalue weighted by Crippen LogP contribution is 2.13. The second-order valence-corrected chi connectivity index (χ2v) is 2.88. The van der Waals surface area contributed by atoms with Gasteiger partial charge < -0.3 is 27.2 Å². The molecule has 0 amide bonds. The Morgan fingerprint density at radius 1 is 1.00 bits per heavy atom. The zero-order chi connectivity index (χ0) is 13.7. The SMILES string of the molecule is NCCNCCNCCN.O=C(O)C(F)(F)F. The van der Waals surface area contributed by atoms with Crippen molar-refractivity contribution in [2.24, 2.45) is 11.5 Å². The van der Waals surface area contributed by atoms with Crippen LogP contribution >= 0.6 is 0 Å². The molecular formula is C8H19F3N4O2. The lowest BCUT2D eigenvalue weighted by molar-refractivity contribution is -0.192. The molecular weight excluding hydrogens is 241 g/mol. The molecule has 0 aliphatic heterocycles. The van der Waals surface area contributed by atoms with Crippen molar-refractivity contribution in [1.29, 1.82) is 0 Å². The maximum Gasteiger partial charge on any atom is 0.490 e. The predicted molar refractivity (Wildman–Crippen MR) is 57.5 cm³/mol. The maximum absolute atomic E-state index is 10.6. The largest absolute Gasteiger partial charge is 0.490 e. The lowest BCUT2D eigenvalue weighted by atomic mass is 10.5. The number of carbonyl (C=O) groups is 1. The summed E-state index contributed by atoms with van der Waals surface area (Å²) in [5.41, 5.74) is 10.5. The van der Waals surface area contributed by atoms with Crippen LogP contribution in [0.3, 0.4) is 0 Å². The molecule has 0 aromatic carbocycles. The van der Waals surface area contributed by atoms with Gasteiger partial charge in [0.1, 0.15) is 0 Å². The quantitative estimate of drug-likeness (QED) is 0.364. The summed E-state index contributed by atoms with van der Waals surface area (Å²) in [4.78, 5) is 8.90. The van der Waals surface area contributed by atoms with Gasteiger partial charge in [0.15, 0.2) is 0 Å². The van der Waals surface area contributed by atoms with Gasteiger partial charge in [-0.15, -0.1) is 0 Å². The Bertz CT molecular complexity index is 182. The van der Waals surface area contributed by atoms with Gasteiger partial charge in [-0.2, -0.15) is 13.2 Å². The smallest absolute Gasteiger partial charge is 0.475 e. The van der Waals surface area contributed by atoms with E-state index in [0.717, 1.165) is 26.2 Å². The molecule has 0 spiro atoms. The van der Waals surface area contributed by atoms with E-state index < -0.39 is 12.1 Å². The summed E-state index contributed by atoms with van der Waals surface area (Å²) in [6.45, 7) is 5.14. The van der Waals surface area contributed by atoms with E-state index in [1.165, 1.54) is 0 Å². The number of hydrogen-bond donors (Lipinski definition) is 5. The Hall–Kier alpha value is -0.900. The van der Waals surface area contributed by atoms with E-state index in [4.69, 9.17) is 21.4 Å². The second-order valence-electron chi connectivity index (χ2n) is 2.88. The van der Waals surface area contributed by atoms with Gasteiger partial charge in [-0.3, -0.25) is 0 Å². The zero-order valence-electron chi connectivity index (χ0n) is 9.39. The van der Waals surface area contributed by atoms with Crippen molar-refractivity contribution in [2.75, 3.05) is 39.3 Å². The number of aliphatic carboxylic acids is 1. The highest BCUT2D eigenvalue weighted by Gasteiger charge is 2.38. The average molecular weight is 260 g/mol. The third-order valence-electron chi connectivity index (χ3n) is 1.36. The standard InChI is InChI=1S/C6H18N4.C2HF3O2/c7-1-3-9-5-6-10-4-2-8;3-2(4,5)1(6)7/h9-10H,1-8H2;(H,6,7). The van der Waals surface area contributed by atoms with Crippen LogP contribution in [0.25, 0.3) is 0 Å². The van der Waals surface area contributed by atoms with E-state index in [0.29, 0.717) is 13.1 Å². The molecule has 0 rings (SSSR count). The van der Waals surface area contributed by atoms with Crippen LogP contribution in [0.2, 0.25) is 0 Å². The van der Waals surface area contributed by atoms with Crippen molar-refractivity contribution >= 4 is 5.97 Å². The summed E-state index contributed by atoms with van der Waals surface area (Å²) < 4.78 is 31.7. The molecule has 0 radical (unpaired) electrons. The highest BCUT2D eigenvalue weighted by atomic mass is 19.4. The van der Waals surface area contributed by atoms with Crippen LogP contribution in [0, 0.1) is 0 Å². The summed E-state index contributed by atoms with van der Waals surface area (Å²) in [6.07, 6.45) is -5.08. The minimum atomic E-state index is -5.08. The molecule has 0 aliphatic carbocycles. The molecule has 0 atom stereocenters. The van der Waals surface area contributed by atoms with Crippen molar-refractivity contribution in [3.05, 3.63) is 0 Å². The van der Waals surface area contributed by atoms with Crippen LogP contribution in [-0.4, -0.2) is 56.5 Å². The number of hydrogen-bond acceptors (Lipinski definition) is 5. The minimum absolute atomic E-state index is 0.705.